The average molecular weight is 358 g/mol. The van der Waals surface area contributed by atoms with Crippen molar-refractivity contribution in [3.8, 4) is 0 Å². The highest BCUT2D eigenvalue weighted by Crippen LogP contribution is 2.33. The molecule has 0 saturated carbocycles. The number of aromatic nitrogens is 1. The van der Waals surface area contributed by atoms with Crippen LogP contribution in [0.15, 0.2) is 60.6 Å². The topological polar surface area (TPSA) is 36.4 Å². The summed E-state index contributed by atoms with van der Waals surface area (Å²) in [4.78, 5) is 20.9. The number of anilines is 1. The van der Waals surface area contributed by atoms with Gasteiger partial charge in [-0.25, -0.2) is 4.98 Å². The van der Waals surface area contributed by atoms with Crippen LogP contribution in [-0.4, -0.2) is 15.8 Å². The average Bonchev–Trinajstić information content (AvgIpc) is 2.93. The monoisotopic (exact) mass is 357 g/mol. The molecule has 2 aliphatic rings. The lowest BCUT2D eigenvalue weighted by Crippen LogP contribution is -2.26. The number of rotatable bonds is 1. The molecular formula is C18H13Cl2N3O. The first kappa shape index (κ1) is 15.2. The van der Waals surface area contributed by atoms with Crippen LogP contribution in [0.1, 0.15) is 22.3 Å². The summed E-state index contributed by atoms with van der Waals surface area (Å²) in [5, 5.41) is 0.367. The Morgan fingerprint density at radius 3 is 2.79 bits per heavy atom. The summed E-state index contributed by atoms with van der Waals surface area (Å²) in [7, 11) is 0. The van der Waals surface area contributed by atoms with Crippen molar-refractivity contribution in [2.45, 2.75) is 13.0 Å². The number of benzene rings is 1. The van der Waals surface area contributed by atoms with Crippen molar-refractivity contribution >= 4 is 34.8 Å². The van der Waals surface area contributed by atoms with Crippen LogP contribution in [0.4, 0.5) is 5.69 Å². The van der Waals surface area contributed by atoms with Gasteiger partial charge in [-0.05, 0) is 23.8 Å². The number of pyridine rings is 1. The van der Waals surface area contributed by atoms with E-state index >= 15 is 0 Å². The lowest BCUT2D eigenvalue weighted by Gasteiger charge is -2.20. The van der Waals surface area contributed by atoms with E-state index in [9.17, 15) is 4.79 Å². The van der Waals surface area contributed by atoms with Gasteiger partial charge in [-0.3, -0.25) is 9.69 Å². The zero-order valence-electron chi connectivity index (χ0n) is 12.6. The third kappa shape index (κ3) is 2.58. The first-order valence-electron chi connectivity index (χ1n) is 7.51. The number of nitrogens with zero attached hydrogens (tertiary/aromatic N) is 3. The van der Waals surface area contributed by atoms with Gasteiger partial charge in [-0.1, -0.05) is 47.5 Å². The molecule has 0 spiro atoms. The van der Waals surface area contributed by atoms with Crippen LogP contribution in [0.5, 0.6) is 0 Å². The quantitative estimate of drug-likeness (QED) is 0.699. The predicted octanol–water partition coefficient (Wildman–Crippen LogP) is 4.61. The first-order valence-corrected chi connectivity index (χ1v) is 8.26. The van der Waals surface area contributed by atoms with E-state index in [0.29, 0.717) is 5.56 Å². The normalized spacial score (nSPS) is 15.7. The van der Waals surface area contributed by atoms with Gasteiger partial charge < -0.3 is 4.90 Å². The Kier molecular flexibility index (Phi) is 3.79. The zero-order chi connectivity index (χ0) is 16.7. The highest BCUT2D eigenvalue weighted by atomic mass is 35.5. The number of carbonyl (C=O) groups excluding carboxylic acids is 1. The summed E-state index contributed by atoms with van der Waals surface area (Å²) < 4.78 is 0. The van der Waals surface area contributed by atoms with Gasteiger partial charge in [-0.2, -0.15) is 0 Å². The van der Waals surface area contributed by atoms with Crippen LogP contribution < -0.4 is 4.90 Å². The maximum atomic E-state index is 13.1. The van der Waals surface area contributed by atoms with Gasteiger partial charge >= 0.3 is 0 Å². The molecule has 0 N–H and O–H groups in total. The Bertz CT molecular complexity index is 892. The maximum absolute atomic E-state index is 13.1. The van der Waals surface area contributed by atoms with Gasteiger partial charge in [-0.15, -0.1) is 0 Å². The summed E-state index contributed by atoms with van der Waals surface area (Å²) in [5.41, 5.74) is 3.32. The van der Waals surface area contributed by atoms with Gasteiger partial charge in [0, 0.05) is 31.1 Å². The molecule has 0 unspecified atom stereocenters. The molecule has 0 fully saturated rings. The second-order valence-corrected chi connectivity index (χ2v) is 6.36. The fourth-order valence-corrected chi connectivity index (χ4v) is 3.37. The van der Waals surface area contributed by atoms with Crippen LogP contribution in [0.3, 0.4) is 0 Å². The minimum Gasteiger partial charge on any atom is -0.346 e. The molecule has 0 atom stereocenters. The molecule has 0 bridgehead atoms. The summed E-state index contributed by atoms with van der Waals surface area (Å²) in [6, 6.07) is 11.0. The maximum Gasteiger partial charge on any atom is 0.265 e. The highest BCUT2D eigenvalue weighted by molar-refractivity contribution is 6.35. The van der Waals surface area contributed by atoms with Crippen molar-refractivity contribution in [2.24, 2.45) is 0 Å². The minimum absolute atomic E-state index is 0.106. The molecule has 0 saturated heterocycles. The lowest BCUT2D eigenvalue weighted by atomic mass is 10.1. The number of halogens is 2. The van der Waals surface area contributed by atoms with E-state index in [1.807, 2.05) is 36.7 Å². The van der Waals surface area contributed by atoms with Gasteiger partial charge in [0.05, 0.1) is 11.3 Å². The molecule has 3 heterocycles. The molecule has 6 heteroatoms. The number of amides is 1. The fraction of sp³-hybridized carbons (Fsp3) is 0.111. The van der Waals surface area contributed by atoms with E-state index < -0.39 is 0 Å². The van der Waals surface area contributed by atoms with Gasteiger partial charge in [0.2, 0.25) is 0 Å². The van der Waals surface area contributed by atoms with E-state index in [2.05, 4.69) is 16.0 Å². The van der Waals surface area contributed by atoms with Crippen molar-refractivity contribution in [3.63, 3.8) is 0 Å². The zero-order valence-corrected chi connectivity index (χ0v) is 14.1. The number of carbonyl (C=O) groups is 1. The van der Waals surface area contributed by atoms with E-state index in [4.69, 9.17) is 23.2 Å². The van der Waals surface area contributed by atoms with E-state index in [0.717, 1.165) is 29.9 Å². The van der Waals surface area contributed by atoms with Crippen molar-refractivity contribution in [1.82, 2.24) is 9.88 Å². The second-order valence-electron chi connectivity index (χ2n) is 5.61. The molecule has 4 rings (SSSR count). The van der Waals surface area contributed by atoms with Crippen molar-refractivity contribution in [2.75, 3.05) is 4.90 Å². The SMILES string of the molecule is O=C(c1ccc(Cl)nc1Cl)N1C=C2CC=CN2Cc2ccccc21. The van der Waals surface area contributed by atoms with Gasteiger partial charge in [0.1, 0.15) is 10.3 Å². The fourth-order valence-electron chi connectivity index (χ4n) is 2.95. The second kappa shape index (κ2) is 5.96. The largest absolute Gasteiger partial charge is 0.346 e. The first-order chi connectivity index (χ1) is 11.6. The summed E-state index contributed by atoms with van der Waals surface area (Å²) in [6.07, 6.45) is 6.80. The van der Waals surface area contributed by atoms with Crippen molar-refractivity contribution in [1.29, 1.82) is 0 Å². The predicted molar refractivity (Wildman–Crippen MR) is 94.9 cm³/mol. The molecule has 2 aromatic rings. The Labute approximate surface area is 149 Å². The van der Waals surface area contributed by atoms with Gasteiger partial charge in [0.15, 0.2) is 0 Å². The number of hydrogen-bond donors (Lipinski definition) is 0. The van der Waals surface area contributed by atoms with Crippen LogP contribution in [-0.2, 0) is 6.54 Å². The Hall–Kier alpha value is -2.30. The number of allylic oxidation sites excluding steroid dienone is 1. The van der Waals surface area contributed by atoms with Crippen molar-refractivity contribution in [3.05, 3.63) is 82.0 Å². The molecule has 4 nitrogen and oxygen atoms in total. The Balaban J connectivity index is 1.83. The van der Waals surface area contributed by atoms with E-state index in [1.165, 1.54) is 0 Å². The van der Waals surface area contributed by atoms with E-state index in [1.54, 1.807) is 17.0 Å². The molecular weight excluding hydrogens is 345 g/mol. The molecule has 2 aliphatic heterocycles. The van der Waals surface area contributed by atoms with Crippen LogP contribution in [0.2, 0.25) is 10.3 Å². The smallest absolute Gasteiger partial charge is 0.265 e. The third-order valence-corrected chi connectivity index (χ3v) is 4.61. The standard InChI is InChI=1S/C18H13Cl2N3O/c19-16-8-7-14(17(20)21-16)18(24)23-11-13-5-3-9-22(13)10-12-4-1-2-6-15(12)23/h1-4,6-9,11H,5,10H2. The summed E-state index contributed by atoms with van der Waals surface area (Å²) in [5.74, 6) is -0.224. The van der Waals surface area contributed by atoms with Crippen LogP contribution in [0, 0.1) is 0 Å². The molecule has 1 aromatic carbocycles. The van der Waals surface area contributed by atoms with Crippen LogP contribution in [0.25, 0.3) is 0 Å². The van der Waals surface area contributed by atoms with Gasteiger partial charge in [0.25, 0.3) is 5.91 Å². The molecule has 120 valence electrons. The highest BCUT2D eigenvalue weighted by Gasteiger charge is 2.27. The molecule has 0 aliphatic carbocycles. The van der Waals surface area contributed by atoms with Crippen LogP contribution >= 0.6 is 23.2 Å². The summed E-state index contributed by atoms with van der Waals surface area (Å²) >= 11 is 12.0. The molecule has 24 heavy (non-hydrogen) atoms. The number of hydrogen-bond acceptors (Lipinski definition) is 3. The minimum atomic E-state index is -0.224. The lowest BCUT2D eigenvalue weighted by molar-refractivity contribution is 0.0997. The van der Waals surface area contributed by atoms with E-state index in [-0.39, 0.29) is 16.2 Å². The molecule has 1 aromatic heterocycles. The Morgan fingerprint density at radius 1 is 1.12 bits per heavy atom. The number of fused-ring (bicyclic) bond motifs is 2. The molecule has 0 radical (unpaired) electrons. The third-order valence-electron chi connectivity index (χ3n) is 4.12. The van der Waals surface area contributed by atoms with Crippen molar-refractivity contribution < 1.29 is 4.79 Å². The Morgan fingerprint density at radius 2 is 1.96 bits per heavy atom. The molecule has 1 amide bonds. The summed E-state index contributed by atoms with van der Waals surface area (Å²) in [6.45, 7) is 0.731. The number of para-hydroxylation sites is 1.